The topological polar surface area (TPSA) is 64.2 Å². The van der Waals surface area contributed by atoms with Crippen molar-refractivity contribution in [1.29, 1.82) is 0 Å². The molecule has 4 aromatic rings. The van der Waals surface area contributed by atoms with E-state index in [2.05, 4.69) is 34.5 Å². The maximum absolute atomic E-state index is 13.1. The molecule has 0 aliphatic rings. The van der Waals surface area contributed by atoms with Crippen molar-refractivity contribution < 1.29 is 9.21 Å². The fourth-order valence-electron chi connectivity index (χ4n) is 3.57. The number of amides is 1. The highest BCUT2D eigenvalue weighted by Gasteiger charge is 2.24. The molecule has 2 aromatic carbocycles. The van der Waals surface area contributed by atoms with Crippen LogP contribution in [0.25, 0.3) is 11.4 Å². The summed E-state index contributed by atoms with van der Waals surface area (Å²) in [5.41, 5.74) is 3.05. The van der Waals surface area contributed by atoms with Crippen LogP contribution >= 0.6 is 11.8 Å². The monoisotopic (exact) mass is 432 g/mol. The highest BCUT2D eigenvalue weighted by molar-refractivity contribution is 7.99. The number of hydrogen-bond acceptors (Lipinski definition) is 5. The van der Waals surface area contributed by atoms with E-state index in [-0.39, 0.29) is 17.7 Å². The summed E-state index contributed by atoms with van der Waals surface area (Å²) in [7, 11) is 3.75. The number of benzene rings is 2. The van der Waals surface area contributed by atoms with Gasteiger partial charge in [-0.15, -0.1) is 10.2 Å². The van der Waals surface area contributed by atoms with Crippen LogP contribution in [0.4, 0.5) is 0 Å². The summed E-state index contributed by atoms with van der Waals surface area (Å²) in [4.78, 5) is 14.9. The first-order chi connectivity index (χ1) is 15.1. The number of carbonyl (C=O) groups is 1. The zero-order valence-corrected chi connectivity index (χ0v) is 18.5. The molecule has 6 nitrogen and oxygen atoms in total. The highest BCUT2D eigenvalue weighted by Crippen LogP contribution is 2.29. The summed E-state index contributed by atoms with van der Waals surface area (Å²) < 4.78 is 7.27. The molecule has 0 atom stereocenters. The van der Waals surface area contributed by atoms with Gasteiger partial charge in [0.15, 0.2) is 11.0 Å². The van der Waals surface area contributed by atoms with Gasteiger partial charge in [-0.3, -0.25) is 4.79 Å². The van der Waals surface area contributed by atoms with Crippen LogP contribution in [0.15, 0.2) is 82.6 Å². The Labute approximate surface area is 185 Å². The average molecular weight is 433 g/mol. The molecule has 31 heavy (non-hydrogen) atoms. The average Bonchev–Trinajstić information content (AvgIpc) is 3.38. The molecule has 0 unspecified atom stereocenters. The molecule has 0 aliphatic carbocycles. The minimum atomic E-state index is -0.154. The third-order valence-corrected chi connectivity index (χ3v) is 6.28. The molecule has 0 fully saturated rings. The van der Waals surface area contributed by atoms with E-state index in [4.69, 9.17) is 4.42 Å². The van der Waals surface area contributed by atoms with Gasteiger partial charge < -0.3 is 13.9 Å². The minimum absolute atomic E-state index is 0.0201. The van der Waals surface area contributed by atoms with E-state index in [0.717, 1.165) is 28.3 Å². The van der Waals surface area contributed by atoms with Crippen molar-refractivity contribution in [1.82, 2.24) is 19.7 Å². The molecule has 1 amide bonds. The Morgan fingerprint density at radius 3 is 2.19 bits per heavy atom. The van der Waals surface area contributed by atoms with E-state index < -0.39 is 0 Å². The maximum atomic E-state index is 13.1. The normalized spacial score (nSPS) is 11.1. The van der Waals surface area contributed by atoms with E-state index >= 15 is 0 Å². The molecule has 0 radical (unpaired) electrons. The Kier molecular flexibility index (Phi) is 6.23. The molecule has 0 bridgehead atoms. The number of carbonyl (C=O) groups excluding carboxylic acids is 1. The minimum Gasteiger partial charge on any atom is -0.469 e. The molecular weight excluding hydrogens is 408 g/mol. The van der Waals surface area contributed by atoms with E-state index in [9.17, 15) is 4.79 Å². The van der Waals surface area contributed by atoms with E-state index in [1.807, 2.05) is 68.1 Å². The largest absolute Gasteiger partial charge is 0.469 e. The van der Waals surface area contributed by atoms with Crippen molar-refractivity contribution in [2.24, 2.45) is 7.05 Å². The predicted octanol–water partition coefficient (Wildman–Crippen LogP) is 4.72. The molecule has 0 N–H and O–H groups in total. The van der Waals surface area contributed by atoms with Crippen molar-refractivity contribution in [3.63, 3.8) is 0 Å². The molecule has 0 saturated heterocycles. The van der Waals surface area contributed by atoms with Gasteiger partial charge in [-0.2, -0.15) is 0 Å². The van der Waals surface area contributed by atoms with Gasteiger partial charge in [0.25, 0.3) is 0 Å². The van der Waals surface area contributed by atoms with Crippen molar-refractivity contribution in [2.75, 3.05) is 12.8 Å². The standard InChI is InChI=1S/C24H24N4O2S/c1-17-20(14-15-30-17)23-25-26-24(28(23)3)31-16-21(29)27(2)22(18-10-6-4-7-11-18)19-12-8-5-9-13-19/h4-15,22H,16H2,1-3H3. The van der Waals surface area contributed by atoms with Crippen LogP contribution < -0.4 is 0 Å². The lowest BCUT2D eigenvalue weighted by atomic mass is 9.97. The van der Waals surface area contributed by atoms with Crippen molar-refractivity contribution in [2.45, 2.75) is 18.1 Å². The number of aromatic nitrogens is 3. The van der Waals surface area contributed by atoms with Gasteiger partial charge >= 0.3 is 0 Å². The first-order valence-corrected chi connectivity index (χ1v) is 11.0. The first kappa shape index (κ1) is 20.9. The Bertz CT molecular complexity index is 1120. The fourth-order valence-corrected chi connectivity index (χ4v) is 4.41. The van der Waals surface area contributed by atoms with Crippen molar-refractivity contribution in [3.05, 3.63) is 89.9 Å². The second-order valence-electron chi connectivity index (χ2n) is 7.27. The van der Waals surface area contributed by atoms with Crippen molar-refractivity contribution in [3.8, 4) is 11.4 Å². The maximum Gasteiger partial charge on any atom is 0.233 e. The zero-order valence-electron chi connectivity index (χ0n) is 17.7. The molecule has 158 valence electrons. The lowest BCUT2D eigenvalue weighted by Crippen LogP contribution is -2.33. The van der Waals surface area contributed by atoms with Crippen LogP contribution in [0.2, 0.25) is 0 Å². The second-order valence-corrected chi connectivity index (χ2v) is 8.22. The number of thioether (sulfide) groups is 1. The summed E-state index contributed by atoms with van der Waals surface area (Å²) in [5.74, 6) is 1.80. The van der Waals surface area contributed by atoms with Crippen LogP contribution in [-0.4, -0.2) is 38.4 Å². The van der Waals surface area contributed by atoms with Crippen LogP contribution in [0.3, 0.4) is 0 Å². The van der Waals surface area contributed by atoms with Gasteiger partial charge in [0, 0.05) is 14.1 Å². The molecular formula is C24H24N4O2S. The smallest absolute Gasteiger partial charge is 0.233 e. The highest BCUT2D eigenvalue weighted by atomic mass is 32.2. The van der Waals surface area contributed by atoms with Crippen molar-refractivity contribution >= 4 is 17.7 Å². The number of nitrogens with zero attached hydrogens (tertiary/aromatic N) is 4. The molecule has 0 saturated carbocycles. The Morgan fingerprint density at radius 2 is 1.65 bits per heavy atom. The molecule has 2 aromatic heterocycles. The molecule has 4 rings (SSSR count). The zero-order chi connectivity index (χ0) is 21.8. The Morgan fingerprint density at radius 1 is 1.03 bits per heavy atom. The van der Waals surface area contributed by atoms with Gasteiger partial charge in [-0.25, -0.2) is 0 Å². The number of furan rings is 1. The molecule has 7 heteroatoms. The molecule has 0 aliphatic heterocycles. The van der Waals surface area contributed by atoms with E-state index in [1.54, 1.807) is 11.2 Å². The first-order valence-electron chi connectivity index (χ1n) is 9.98. The van der Waals surface area contributed by atoms with Gasteiger partial charge in [-0.05, 0) is 24.1 Å². The van der Waals surface area contributed by atoms with Gasteiger partial charge in [0.2, 0.25) is 5.91 Å². The Balaban J connectivity index is 1.51. The Hall–Kier alpha value is -3.32. The quantitative estimate of drug-likeness (QED) is 0.395. The third kappa shape index (κ3) is 4.41. The summed E-state index contributed by atoms with van der Waals surface area (Å²) in [6.45, 7) is 1.89. The summed E-state index contributed by atoms with van der Waals surface area (Å²) >= 11 is 1.38. The third-order valence-electron chi connectivity index (χ3n) is 5.27. The van der Waals surface area contributed by atoms with Gasteiger partial charge in [0.1, 0.15) is 5.76 Å². The molecule has 0 spiro atoms. The summed E-state index contributed by atoms with van der Waals surface area (Å²) in [5, 5.41) is 9.24. The van der Waals surface area contributed by atoms with E-state index in [1.165, 1.54) is 11.8 Å². The summed E-state index contributed by atoms with van der Waals surface area (Å²) in [6, 6.07) is 21.9. The van der Waals surface area contributed by atoms with E-state index in [0.29, 0.717) is 5.16 Å². The lowest BCUT2D eigenvalue weighted by molar-refractivity contribution is -0.128. The SMILES string of the molecule is Cc1occc1-c1nnc(SCC(=O)N(C)C(c2ccccc2)c2ccccc2)n1C. The predicted molar refractivity (Wildman–Crippen MR) is 122 cm³/mol. The van der Waals surface area contributed by atoms with Crippen LogP contribution in [-0.2, 0) is 11.8 Å². The fraction of sp³-hybridized carbons (Fsp3) is 0.208. The molecule has 2 heterocycles. The number of hydrogen-bond donors (Lipinski definition) is 0. The van der Waals surface area contributed by atoms with Gasteiger partial charge in [-0.1, -0.05) is 72.4 Å². The van der Waals surface area contributed by atoms with Crippen LogP contribution in [0.1, 0.15) is 22.9 Å². The van der Waals surface area contributed by atoms with Crippen LogP contribution in [0.5, 0.6) is 0 Å². The number of aryl methyl sites for hydroxylation is 1. The lowest BCUT2D eigenvalue weighted by Gasteiger charge is -2.29. The number of rotatable bonds is 7. The second kappa shape index (κ2) is 9.22. The van der Waals surface area contributed by atoms with Gasteiger partial charge in [0.05, 0.1) is 23.6 Å². The van der Waals surface area contributed by atoms with Crippen LogP contribution in [0, 0.1) is 6.92 Å². The summed E-state index contributed by atoms with van der Waals surface area (Å²) in [6.07, 6.45) is 1.64.